The predicted molar refractivity (Wildman–Crippen MR) is 51.7 cm³/mol. The molecule has 1 heterocycles. The maximum Gasteiger partial charge on any atom is 0.305 e. The number of carbonyl (C=O) groups excluding carboxylic acids is 1. The van der Waals surface area contributed by atoms with Crippen LogP contribution in [0.25, 0.3) is 0 Å². The maximum absolute atomic E-state index is 11.0. The molecule has 1 radical (unpaired) electrons. The molecule has 0 aliphatic carbocycles. The monoisotopic (exact) mass is 195 g/mol. The van der Waals surface area contributed by atoms with Crippen LogP contribution in [0.4, 0.5) is 0 Å². The lowest BCUT2D eigenvalue weighted by Crippen LogP contribution is -2.06. The van der Waals surface area contributed by atoms with Gasteiger partial charge in [-0.15, -0.1) is 0 Å². The normalized spacial score (nSPS) is 10.1. The van der Waals surface area contributed by atoms with E-state index < -0.39 is 0 Å². The first-order valence-electron chi connectivity index (χ1n) is 4.79. The van der Waals surface area contributed by atoms with Crippen LogP contribution < -0.4 is 0 Å². The zero-order chi connectivity index (χ0) is 10.4. The van der Waals surface area contributed by atoms with Gasteiger partial charge >= 0.3 is 5.97 Å². The van der Waals surface area contributed by atoms with E-state index in [0.717, 1.165) is 18.8 Å². The first-order valence-corrected chi connectivity index (χ1v) is 4.79. The smallest absolute Gasteiger partial charge is 0.305 e. The fraction of sp³-hybridized carbons (Fsp3) is 0.600. The summed E-state index contributed by atoms with van der Waals surface area (Å²) in [6.07, 6.45) is 5.80. The Morgan fingerprint density at radius 3 is 3.07 bits per heavy atom. The summed E-state index contributed by atoms with van der Waals surface area (Å²) in [6, 6.07) is 0. The lowest BCUT2D eigenvalue weighted by molar-refractivity contribution is -0.143. The van der Waals surface area contributed by atoms with Gasteiger partial charge in [-0.1, -0.05) is 0 Å². The highest BCUT2D eigenvalue weighted by Gasteiger charge is 2.02. The van der Waals surface area contributed by atoms with E-state index in [1.165, 1.54) is 0 Å². The SMILES string of the molecule is CCOC(=O)CCCn1c[c]nc1C. The van der Waals surface area contributed by atoms with Crippen LogP contribution in [0.2, 0.25) is 0 Å². The molecule has 1 aromatic rings. The van der Waals surface area contributed by atoms with E-state index in [1.54, 1.807) is 6.20 Å². The van der Waals surface area contributed by atoms with E-state index >= 15 is 0 Å². The van der Waals surface area contributed by atoms with Crippen molar-refractivity contribution in [2.75, 3.05) is 6.61 Å². The second-order valence-corrected chi connectivity index (χ2v) is 3.02. The fourth-order valence-electron chi connectivity index (χ4n) is 1.20. The predicted octanol–water partition coefficient (Wildman–Crippen LogP) is 1.34. The molecule has 4 heteroatoms. The number of nitrogens with zero attached hydrogens (tertiary/aromatic N) is 2. The molecule has 0 saturated heterocycles. The molecule has 0 amide bonds. The van der Waals surface area contributed by atoms with E-state index in [-0.39, 0.29) is 5.97 Å². The summed E-state index contributed by atoms with van der Waals surface area (Å²) >= 11 is 0. The molecule has 0 aliphatic heterocycles. The summed E-state index contributed by atoms with van der Waals surface area (Å²) in [5, 5.41) is 0. The minimum atomic E-state index is -0.130. The van der Waals surface area contributed by atoms with Crippen molar-refractivity contribution in [2.45, 2.75) is 33.2 Å². The Morgan fingerprint density at radius 2 is 2.50 bits per heavy atom. The summed E-state index contributed by atoms with van der Waals surface area (Å²) in [6.45, 7) is 4.98. The minimum absolute atomic E-state index is 0.130. The third-order valence-corrected chi connectivity index (χ3v) is 1.94. The largest absolute Gasteiger partial charge is 0.466 e. The molecule has 77 valence electrons. The van der Waals surface area contributed by atoms with Gasteiger partial charge in [0.05, 0.1) is 6.61 Å². The Kier molecular flexibility index (Phi) is 4.16. The van der Waals surface area contributed by atoms with Gasteiger partial charge in [0.15, 0.2) is 0 Å². The molecule has 1 aromatic heterocycles. The Labute approximate surface area is 83.9 Å². The van der Waals surface area contributed by atoms with Gasteiger partial charge in [0.25, 0.3) is 0 Å². The second kappa shape index (κ2) is 5.42. The van der Waals surface area contributed by atoms with Crippen LogP contribution >= 0.6 is 0 Å². The molecule has 0 saturated carbocycles. The number of rotatable bonds is 5. The van der Waals surface area contributed by atoms with Crippen LogP contribution in [0.3, 0.4) is 0 Å². The first-order chi connectivity index (χ1) is 6.74. The van der Waals surface area contributed by atoms with Crippen LogP contribution in [0.1, 0.15) is 25.6 Å². The molecular formula is C10H15N2O2. The van der Waals surface area contributed by atoms with Crippen molar-refractivity contribution in [1.82, 2.24) is 9.55 Å². The highest BCUT2D eigenvalue weighted by molar-refractivity contribution is 5.69. The summed E-state index contributed by atoms with van der Waals surface area (Å²) in [7, 11) is 0. The Bertz CT molecular complexity index is 294. The number of ether oxygens (including phenoxy) is 1. The van der Waals surface area contributed by atoms with E-state index in [0.29, 0.717) is 13.0 Å². The lowest BCUT2D eigenvalue weighted by Gasteiger charge is -2.04. The molecule has 4 nitrogen and oxygen atoms in total. The molecule has 0 N–H and O–H groups in total. The molecule has 1 rings (SSSR count). The molecule has 14 heavy (non-hydrogen) atoms. The Hall–Kier alpha value is -1.32. The standard InChI is InChI=1S/C10H15N2O2/c1-3-14-10(13)5-4-7-12-8-6-11-9(12)2/h8H,3-5,7H2,1-2H3. The van der Waals surface area contributed by atoms with E-state index in [9.17, 15) is 4.79 Å². The molecule has 0 atom stereocenters. The average Bonchev–Trinajstić information content (AvgIpc) is 2.52. The zero-order valence-electron chi connectivity index (χ0n) is 8.62. The second-order valence-electron chi connectivity index (χ2n) is 3.02. The van der Waals surface area contributed by atoms with Crippen molar-refractivity contribution in [1.29, 1.82) is 0 Å². The topological polar surface area (TPSA) is 44.1 Å². The number of hydrogen-bond donors (Lipinski definition) is 0. The van der Waals surface area contributed by atoms with Crippen molar-refractivity contribution in [3.8, 4) is 0 Å². The zero-order valence-corrected chi connectivity index (χ0v) is 8.62. The first kappa shape index (κ1) is 10.8. The fourth-order valence-corrected chi connectivity index (χ4v) is 1.20. The molecule has 0 unspecified atom stereocenters. The quantitative estimate of drug-likeness (QED) is 0.666. The number of esters is 1. The highest BCUT2D eigenvalue weighted by atomic mass is 16.5. The van der Waals surface area contributed by atoms with Crippen molar-refractivity contribution in [2.24, 2.45) is 0 Å². The van der Waals surface area contributed by atoms with E-state index in [1.807, 2.05) is 18.4 Å². The molecule has 0 spiro atoms. The third-order valence-electron chi connectivity index (χ3n) is 1.94. The van der Waals surface area contributed by atoms with Gasteiger partial charge in [-0.3, -0.25) is 4.79 Å². The number of aryl methyl sites for hydroxylation is 2. The van der Waals surface area contributed by atoms with Crippen LogP contribution in [0.15, 0.2) is 6.20 Å². The summed E-state index contributed by atoms with van der Waals surface area (Å²) in [5.74, 6) is 0.795. The number of aromatic nitrogens is 2. The minimum Gasteiger partial charge on any atom is -0.466 e. The van der Waals surface area contributed by atoms with Gasteiger partial charge < -0.3 is 9.30 Å². The van der Waals surface area contributed by atoms with Gasteiger partial charge in [-0.05, 0) is 20.3 Å². The molecule has 0 bridgehead atoms. The van der Waals surface area contributed by atoms with Crippen LogP contribution in [-0.2, 0) is 16.1 Å². The number of imidazole rings is 1. The number of carbonyl (C=O) groups is 1. The average molecular weight is 195 g/mol. The molecule has 0 aliphatic rings. The van der Waals surface area contributed by atoms with Gasteiger partial charge in [0, 0.05) is 19.2 Å². The van der Waals surface area contributed by atoms with E-state index in [2.05, 4.69) is 11.2 Å². The lowest BCUT2D eigenvalue weighted by atomic mass is 10.3. The Balaban J connectivity index is 2.22. The van der Waals surface area contributed by atoms with Crippen molar-refractivity contribution in [3.63, 3.8) is 0 Å². The van der Waals surface area contributed by atoms with Gasteiger partial charge in [-0.25, -0.2) is 4.98 Å². The number of hydrogen-bond acceptors (Lipinski definition) is 3. The summed E-state index contributed by atoms with van der Waals surface area (Å²) in [5.41, 5.74) is 0. The van der Waals surface area contributed by atoms with Crippen LogP contribution in [0, 0.1) is 13.1 Å². The summed E-state index contributed by atoms with van der Waals surface area (Å²) in [4.78, 5) is 15.0. The van der Waals surface area contributed by atoms with Gasteiger partial charge in [0.2, 0.25) is 0 Å². The summed E-state index contributed by atoms with van der Waals surface area (Å²) < 4.78 is 6.79. The van der Waals surface area contributed by atoms with Crippen molar-refractivity contribution >= 4 is 5.97 Å². The molecular weight excluding hydrogens is 180 g/mol. The molecule has 0 fully saturated rings. The van der Waals surface area contributed by atoms with Crippen LogP contribution in [0.5, 0.6) is 0 Å². The maximum atomic E-state index is 11.0. The highest BCUT2D eigenvalue weighted by Crippen LogP contribution is 2.00. The van der Waals surface area contributed by atoms with Gasteiger partial charge in [0.1, 0.15) is 12.0 Å². The van der Waals surface area contributed by atoms with Gasteiger partial charge in [-0.2, -0.15) is 0 Å². The van der Waals surface area contributed by atoms with Crippen molar-refractivity contribution < 1.29 is 9.53 Å². The molecule has 0 aromatic carbocycles. The van der Waals surface area contributed by atoms with Crippen LogP contribution in [-0.4, -0.2) is 22.1 Å². The van der Waals surface area contributed by atoms with Crippen molar-refractivity contribution in [3.05, 3.63) is 18.2 Å². The third kappa shape index (κ3) is 3.20. The van der Waals surface area contributed by atoms with E-state index in [4.69, 9.17) is 4.74 Å². The Morgan fingerprint density at radius 1 is 1.71 bits per heavy atom.